The number of nitrogens with zero attached hydrogens (tertiary/aromatic N) is 3. The van der Waals surface area contributed by atoms with E-state index in [1.54, 1.807) is 11.7 Å². The first-order valence-electron chi connectivity index (χ1n) is 2.97. The van der Waals surface area contributed by atoms with Crippen LogP contribution in [0.5, 0.6) is 0 Å². The van der Waals surface area contributed by atoms with Gasteiger partial charge in [-0.3, -0.25) is 4.68 Å². The molecule has 11 heavy (non-hydrogen) atoms. The van der Waals surface area contributed by atoms with Crippen LogP contribution in [0.1, 0.15) is 5.56 Å². The predicted molar refractivity (Wildman–Crippen MR) is 44.1 cm³/mol. The third-order valence-electron chi connectivity index (χ3n) is 1.33. The monoisotopic (exact) mass is 168 g/mol. The molecule has 1 rings (SSSR count). The van der Waals surface area contributed by atoms with E-state index in [4.69, 9.17) is 11.0 Å². The number of hydrogen-bond donors (Lipinski definition) is 1. The lowest BCUT2D eigenvalue weighted by Gasteiger charge is -1.93. The van der Waals surface area contributed by atoms with Gasteiger partial charge in [-0.2, -0.15) is 10.4 Å². The fourth-order valence-electron chi connectivity index (χ4n) is 0.868. The molecule has 0 atom stereocenters. The molecule has 2 N–H and O–H groups in total. The Hall–Kier alpha value is -1.15. The summed E-state index contributed by atoms with van der Waals surface area (Å²) in [5.74, 6) is 0.305. The van der Waals surface area contributed by atoms with E-state index in [-0.39, 0.29) is 0 Å². The molecule has 0 fully saturated rings. The van der Waals surface area contributed by atoms with E-state index in [1.165, 1.54) is 11.8 Å². The standard InChI is InChI=1S/C6H8N4S/c1-10-6(11-2)4(3-7)5(8)9-10/h1-2H3,(H2,8,9). The molecule has 0 saturated carbocycles. The molecule has 1 heterocycles. The Labute approximate surface area is 69.0 Å². The smallest absolute Gasteiger partial charge is 0.164 e. The second-order valence-electron chi connectivity index (χ2n) is 2.00. The topological polar surface area (TPSA) is 67.6 Å². The fourth-order valence-corrected chi connectivity index (χ4v) is 1.53. The number of rotatable bonds is 1. The van der Waals surface area contributed by atoms with Crippen LogP contribution in [-0.4, -0.2) is 16.0 Å². The number of anilines is 1. The van der Waals surface area contributed by atoms with Crippen LogP contribution in [0.2, 0.25) is 0 Å². The Morgan fingerprint density at radius 3 is 2.73 bits per heavy atom. The summed E-state index contributed by atoms with van der Waals surface area (Å²) in [4.78, 5) is 0. The zero-order valence-corrected chi connectivity index (χ0v) is 7.14. The molecule has 58 valence electrons. The van der Waals surface area contributed by atoms with Crippen molar-refractivity contribution in [2.24, 2.45) is 7.05 Å². The number of nitrogens with two attached hydrogens (primary N) is 1. The maximum Gasteiger partial charge on any atom is 0.164 e. The number of thioether (sulfide) groups is 1. The molecule has 0 spiro atoms. The van der Waals surface area contributed by atoms with Crippen molar-refractivity contribution < 1.29 is 0 Å². The van der Waals surface area contributed by atoms with Gasteiger partial charge in [-0.15, -0.1) is 11.8 Å². The quantitative estimate of drug-likeness (QED) is 0.623. The first-order chi connectivity index (χ1) is 5.20. The molecule has 0 amide bonds. The summed E-state index contributed by atoms with van der Waals surface area (Å²) < 4.78 is 1.61. The number of aryl methyl sites for hydroxylation is 1. The summed E-state index contributed by atoms with van der Waals surface area (Å²) in [5.41, 5.74) is 5.93. The van der Waals surface area contributed by atoms with Crippen LogP contribution in [-0.2, 0) is 7.05 Å². The van der Waals surface area contributed by atoms with Gasteiger partial charge in [0.2, 0.25) is 0 Å². The Kier molecular flexibility index (Phi) is 2.06. The first kappa shape index (κ1) is 7.95. The zero-order chi connectivity index (χ0) is 8.43. The minimum absolute atomic E-state index is 0.305. The van der Waals surface area contributed by atoms with Crippen molar-refractivity contribution in [1.29, 1.82) is 5.26 Å². The number of nitrogen functional groups attached to an aromatic ring is 1. The summed E-state index contributed by atoms with van der Waals surface area (Å²) >= 11 is 1.47. The van der Waals surface area contributed by atoms with E-state index < -0.39 is 0 Å². The molecule has 5 heteroatoms. The van der Waals surface area contributed by atoms with Crippen LogP contribution >= 0.6 is 11.8 Å². The molecule has 0 unspecified atom stereocenters. The number of nitriles is 1. The molecular formula is C6H8N4S. The average Bonchev–Trinajstić information content (AvgIpc) is 2.24. The number of hydrogen-bond acceptors (Lipinski definition) is 4. The van der Waals surface area contributed by atoms with E-state index in [9.17, 15) is 0 Å². The molecule has 4 nitrogen and oxygen atoms in total. The largest absolute Gasteiger partial charge is 0.381 e. The van der Waals surface area contributed by atoms with Crippen molar-refractivity contribution in [2.45, 2.75) is 5.03 Å². The van der Waals surface area contributed by atoms with Crippen LogP contribution in [0, 0.1) is 11.3 Å². The predicted octanol–water partition coefficient (Wildman–Crippen LogP) is 0.596. The van der Waals surface area contributed by atoms with Crippen molar-refractivity contribution in [2.75, 3.05) is 12.0 Å². The van der Waals surface area contributed by atoms with E-state index in [0.29, 0.717) is 11.4 Å². The van der Waals surface area contributed by atoms with Crippen molar-refractivity contribution in [3.05, 3.63) is 5.56 Å². The summed E-state index contributed by atoms with van der Waals surface area (Å²) in [6.07, 6.45) is 1.89. The van der Waals surface area contributed by atoms with Crippen LogP contribution in [0.4, 0.5) is 5.82 Å². The highest BCUT2D eigenvalue weighted by Gasteiger charge is 2.11. The van der Waals surface area contributed by atoms with Gasteiger partial charge in [0.1, 0.15) is 16.7 Å². The lowest BCUT2D eigenvalue weighted by atomic mass is 10.4. The minimum Gasteiger partial charge on any atom is -0.381 e. The molecule has 0 aromatic carbocycles. The molecule has 1 aromatic rings. The van der Waals surface area contributed by atoms with Crippen molar-refractivity contribution in [1.82, 2.24) is 9.78 Å². The Morgan fingerprint density at radius 1 is 1.73 bits per heavy atom. The lowest BCUT2D eigenvalue weighted by molar-refractivity contribution is 0.701. The van der Waals surface area contributed by atoms with Gasteiger partial charge in [0.25, 0.3) is 0 Å². The molecular weight excluding hydrogens is 160 g/mol. The lowest BCUT2D eigenvalue weighted by Crippen LogP contribution is -1.92. The van der Waals surface area contributed by atoms with Crippen LogP contribution in [0.15, 0.2) is 5.03 Å². The van der Waals surface area contributed by atoms with Gasteiger partial charge in [-0.25, -0.2) is 0 Å². The third kappa shape index (κ3) is 1.17. The molecule has 0 radical (unpaired) electrons. The summed E-state index contributed by atoms with van der Waals surface area (Å²) in [6, 6.07) is 2.01. The minimum atomic E-state index is 0.305. The Morgan fingerprint density at radius 2 is 2.36 bits per heavy atom. The zero-order valence-electron chi connectivity index (χ0n) is 6.33. The maximum absolute atomic E-state index is 8.65. The van der Waals surface area contributed by atoms with Gasteiger partial charge in [0, 0.05) is 7.05 Å². The summed E-state index contributed by atoms with van der Waals surface area (Å²) in [7, 11) is 1.77. The van der Waals surface area contributed by atoms with Gasteiger partial charge >= 0.3 is 0 Å². The van der Waals surface area contributed by atoms with E-state index in [2.05, 4.69) is 5.10 Å². The van der Waals surface area contributed by atoms with E-state index >= 15 is 0 Å². The van der Waals surface area contributed by atoms with Crippen molar-refractivity contribution in [3.63, 3.8) is 0 Å². The van der Waals surface area contributed by atoms with Gasteiger partial charge in [-0.05, 0) is 6.26 Å². The van der Waals surface area contributed by atoms with Crippen LogP contribution in [0.3, 0.4) is 0 Å². The van der Waals surface area contributed by atoms with Gasteiger partial charge in [-0.1, -0.05) is 0 Å². The van der Waals surface area contributed by atoms with Gasteiger partial charge in [0.05, 0.1) is 0 Å². The molecule has 0 aliphatic rings. The van der Waals surface area contributed by atoms with Crippen LogP contribution in [0.25, 0.3) is 0 Å². The second-order valence-corrected chi connectivity index (χ2v) is 2.80. The van der Waals surface area contributed by atoms with Crippen molar-refractivity contribution >= 4 is 17.6 Å². The third-order valence-corrected chi connectivity index (χ3v) is 2.18. The van der Waals surface area contributed by atoms with Gasteiger partial charge in [0.15, 0.2) is 5.82 Å². The van der Waals surface area contributed by atoms with Gasteiger partial charge < -0.3 is 5.73 Å². The Balaban J connectivity index is 3.31. The molecule has 1 aromatic heterocycles. The summed E-state index contributed by atoms with van der Waals surface area (Å²) in [5, 5.41) is 13.4. The normalized spacial score (nSPS) is 9.55. The molecule has 0 aliphatic carbocycles. The highest BCUT2D eigenvalue weighted by Crippen LogP contribution is 2.22. The molecule has 0 saturated heterocycles. The van der Waals surface area contributed by atoms with Crippen molar-refractivity contribution in [3.8, 4) is 6.07 Å². The molecule has 0 bridgehead atoms. The van der Waals surface area contributed by atoms with Crippen LogP contribution < -0.4 is 5.73 Å². The highest BCUT2D eigenvalue weighted by atomic mass is 32.2. The number of aromatic nitrogens is 2. The maximum atomic E-state index is 8.65. The summed E-state index contributed by atoms with van der Waals surface area (Å²) in [6.45, 7) is 0. The van der Waals surface area contributed by atoms with E-state index in [0.717, 1.165) is 5.03 Å². The first-order valence-corrected chi connectivity index (χ1v) is 4.19. The fraction of sp³-hybridized carbons (Fsp3) is 0.333. The second kappa shape index (κ2) is 2.84. The average molecular weight is 168 g/mol. The van der Waals surface area contributed by atoms with E-state index in [1.807, 2.05) is 12.3 Å². The SMILES string of the molecule is CSc1c(C#N)c(N)nn1C. The highest BCUT2D eigenvalue weighted by molar-refractivity contribution is 7.98. The Bertz CT molecular complexity index is 309. The molecule has 0 aliphatic heterocycles.